The Hall–Kier alpha value is -2.31. The number of alkyl halides is 3. The molecule has 0 aliphatic rings. The third-order valence-electron chi connectivity index (χ3n) is 1.98. The molecule has 0 saturated carbocycles. The Labute approximate surface area is 112 Å². The molecule has 0 radical (unpaired) electrons. The van der Waals surface area contributed by atoms with Crippen LogP contribution >= 0.6 is 0 Å². The quantitative estimate of drug-likeness (QED) is 0.485. The molecule has 0 saturated heterocycles. The summed E-state index contributed by atoms with van der Waals surface area (Å²) in [5.41, 5.74) is 0.0184. The van der Waals surface area contributed by atoms with Gasteiger partial charge in [0.2, 0.25) is 5.76 Å². The molecule has 0 fully saturated rings. The summed E-state index contributed by atoms with van der Waals surface area (Å²) in [5.74, 6) is -3.63. The van der Waals surface area contributed by atoms with Gasteiger partial charge in [0.05, 0.1) is 18.2 Å². The molecule has 0 aromatic heterocycles. The van der Waals surface area contributed by atoms with Crippen LogP contribution in [0.1, 0.15) is 17.3 Å². The van der Waals surface area contributed by atoms with Gasteiger partial charge < -0.3 is 9.47 Å². The number of esters is 2. The van der Waals surface area contributed by atoms with Crippen LogP contribution in [0.5, 0.6) is 0 Å². The van der Waals surface area contributed by atoms with E-state index in [9.17, 15) is 22.8 Å². The van der Waals surface area contributed by atoms with Crippen molar-refractivity contribution >= 4 is 11.9 Å². The van der Waals surface area contributed by atoms with E-state index in [0.29, 0.717) is 0 Å². The third-order valence-corrected chi connectivity index (χ3v) is 1.98. The zero-order chi connectivity index (χ0) is 15.2. The zero-order valence-electron chi connectivity index (χ0n) is 10.4. The van der Waals surface area contributed by atoms with Crippen LogP contribution in [-0.4, -0.2) is 24.7 Å². The van der Waals surface area contributed by atoms with E-state index in [0.717, 1.165) is 0 Å². The molecular weight excluding hydrogens is 277 g/mol. The van der Waals surface area contributed by atoms with E-state index in [1.807, 2.05) is 0 Å². The largest absolute Gasteiger partial charge is 0.460 e. The first kappa shape index (κ1) is 15.7. The average Bonchev–Trinajstić information content (AvgIpc) is 2.37. The maximum atomic E-state index is 12.3. The van der Waals surface area contributed by atoms with Crippen LogP contribution in [-0.2, 0) is 14.3 Å². The molecule has 0 aliphatic heterocycles. The number of rotatable bonds is 4. The van der Waals surface area contributed by atoms with Crippen LogP contribution in [0.15, 0.2) is 42.2 Å². The molecule has 0 N–H and O–H groups in total. The molecule has 20 heavy (non-hydrogen) atoms. The van der Waals surface area contributed by atoms with E-state index < -0.39 is 30.0 Å². The lowest BCUT2D eigenvalue weighted by Gasteiger charge is -2.09. The number of halogens is 3. The Bertz CT molecular complexity index is 506. The van der Waals surface area contributed by atoms with Crippen molar-refractivity contribution in [2.24, 2.45) is 0 Å². The van der Waals surface area contributed by atoms with Crippen molar-refractivity contribution in [3.8, 4) is 0 Å². The first-order chi connectivity index (χ1) is 9.33. The Balaban J connectivity index is 2.93. The Morgan fingerprint density at radius 1 is 1.20 bits per heavy atom. The highest BCUT2D eigenvalue weighted by Gasteiger charge is 2.30. The summed E-state index contributed by atoms with van der Waals surface area (Å²) in [5, 5.41) is 0. The van der Waals surface area contributed by atoms with Gasteiger partial charge in [0.1, 0.15) is 0 Å². The summed E-state index contributed by atoms with van der Waals surface area (Å²) in [7, 11) is 0. The lowest BCUT2D eigenvalue weighted by atomic mass is 10.2. The lowest BCUT2D eigenvalue weighted by molar-refractivity contribution is -0.143. The minimum atomic E-state index is -4.81. The normalized spacial score (nSPS) is 11.9. The van der Waals surface area contributed by atoms with Crippen molar-refractivity contribution in [3.63, 3.8) is 0 Å². The summed E-state index contributed by atoms with van der Waals surface area (Å²) >= 11 is 0. The number of hydrogen-bond acceptors (Lipinski definition) is 4. The number of allylic oxidation sites excluding steroid dienone is 1. The molecule has 108 valence electrons. The maximum absolute atomic E-state index is 12.3. The van der Waals surface area contributed by atoms with E-state index in [2.05, 4.69) is 9.47 Å². The summed E-state index contributed by atoms with van der Waals surface area (Å²) in [6.07, 6.45) is -5.22. The summed E-state index contributed by atoms with van der Waals surface area (Å²) in [6, 6.07) is 7.33. The summed E-state index contributed by atoms with van der Waals surface area (Å²) in [6.45, 7) is 1.28. The molecule has 1 aromatic rings. The van der Waals surface area contributed by atoms with Crippen LogP contribution in [0.2, 0.25) is 0 Å². The number of carbonyl (C=O) groups is 2. The molecule has 1 aromatic carbocycles. The number of hydrogen-bond donors (Lipinski definition) is 0. The van der Waals surface area contributed by atoms with Gasteiger partial charge in [-0.3, -0.25) is 0 Å². The minimum absolute atomic E-state index is 0.0184. The van der Waals surface area contributed by atoms with Crippen molar-refractivity contribution in [1.29, 1.82) is 0 Å². The molecule has 0 aliphatic carbocycles. The molecule has 0 spiro atoms. The Morgan fingerprint density at radius 3 is 2.30 bits per heavy atom. The lowest BCUT2D eigenvalue weighted by Crippen LogP contribution is -2.18. The fraction of sp³-hybridized carbons (Fsp3) is 0.231. The fourth-order valence-corrected chi connectivity index (χ4v) is 1.21. The van der Waals surface area contributed by atoms with Crippen LogP contribution in [0.4, 0.5) is 13.2 Å². The topological polar surface area (TPSA) is 52.6 Å². The standard InChI is InChI=1S/C13H11F3O4/c1-2-19-12(18)10(8-13(14,15)16)20-11(17)9-6-4-3-5-7-9/h3-8H,2H2,1H3/b10-8-. The van der Waals surface area contributed by atoms with Crippen LogP contribution in [0.25, 0.3) is 0 Å². The van der Waals surface area contributed by atoms with Gasteiger partial charge in [-0.2, -0.15) is 13.2 Å². The Kier molecular flexibility index (Phi) is 5.31. The van der Waals surface area contributed by atoms with Crippen molar-refractivity contribution in [1.82, 2.24) is 0 Å². The molecule has 0 bridgehead atoms. The summed E-state index contributed by atoms with van der Waals surface area (Å²) in [4.78, 5) is 22.9. The van der Waals surface area contributed by atoms with Gasteiger partial charge in [0.15, 0.2) is 0 Å². The number of carbonyl (C=O) groups excluding carboxylic acids is 2. The van der Waals surface area contributed by atoms with Gasteiger partial charge in [0.25, 0.3) is 0 Å². The van der Waals surface area contributed by atoms with Gasteiger partial charge in [-0.25, -0.2) is 9.59 Å². The van der Waals surface area contributed by atoms with Gasteiger partial charge in [-0.1, -0.05) is 18.2 Å². The van der Waals surface area contributed by atoms with Gasteiger partial charge in [-0.05, 0) is 19.1 Å². The molecule has 1 rings (SSSR count). The predicted molar refractivity (Wildman–Crippen MR) is 62.6 cm³/mol. The van der Waals surface area contributed by atoms with E-state index in [1.165, 1.54) is 31.2 Å². The molecule has 7 heteroatoms. The van der Waals surface area contributed by atoms with E-state index >= 15 is 0 Å². The SMILES string of the molecule is CCOC(=O)/C(=C/C(F)(F)F)OC(=O)c1ccccc1. The van der Waals surface area contributed by atoms with Crippen LogP contribution in [0, 0.1) is 0 Å². The second kappa shape index (κ2) is 6.74. The van der Waals surface area contributed by atoms with Crippen molar-refractivity contribution in [2.45, 2.75) is 13.1 Å². The Morgan fingerprint density at radius 2 is 1.80 bits per heavy atom. The van der Waals surface area contributed by atoms with E-state index in [1.54, 1.807) is 6.07 Å². The highest BCUT2D eigenvalue weighted by Crippen LogP contribution is 2.20. The summed E-state index contributed by atoms with van der Waals surface area (Å²) < 4.78 is 45.7. The zero-order valence-corrected chi connectivity index (χ0v) is 10.4. The third kappa shape index (κ3) is 5.13. The molecule has 0 atom stereocenters. The van der Waals surface area contributed by atoms with E-state index in [-0.39, 0.29) is 12.2 Å². The highest BCUT2D eigenvalue weighted by molar-refractivity contribution is 5.95. The molecule has 0 heterocycles. The van der Waals surface area contributed by atoms with Gasteiger partial charge in [-0.15, -0.1) is 0 Å². The molecule has 0 amide bonds. The van der Waals surface area contributed by atoms with E-state index in [4.69, 9.17) is 0 Å². The molecule has 4 nitrogen and oxygen atoms in total. The van der Waals surface area contributed by atoms with Gasteiger partial charge in [0, 0.05) is 0 Å². The predicted octanol–water partition coefficient (Wildman–Crippen LogP) is 2.85. The van der Waals surface area contributed by atoms with Crippen molar-refractivity contribution < 1.29 is 32.2 Å². The van der Waals surface area contributed by atoms with Crippen LogP contribution in [0.3, 0.4) is 0 Å². The second-order valence-corrected chi connectivity index (χ2v) is 3.53. The monoisotopic (exact) mass is 288 g/mol. The molecular formula is C13H11F3O4. The first-order valence-corrected chi connectivity index (χ1v) is 5.57. The first-order valence-electron chi connectivity index (χ1n) is 5.57. The maximum Gasteiger partial charge on any atom is 0.413 e. The second-order valence-electron chi connectivity index (χ2n) is 3.53. The molecule has 0 unspecified atom stereocenters. The smallest absolute Gasteiger partial charge is 0.413 e. The number of ether oxygens (including phenoxy) is 2. The fourth-order valence-electron chi connectivity index (χ4n) is 1.21. The van der Waals surface area contributed by atoms with Crippen molar-refractivity contribution in [3.05, 3.63) is 47.7 Å². The average molecular weight is 288 g/mol. The minimum Gasteiger partial charge on any atom is -0.460 e. The highest BCUT2D eigenvalue weighted by atomic mass is 19.4. The van der Waals surface area contributed by atoms with Crippen LogP contribution < -0.4 is 0 Å². The van der Waals surface area contributed by atoms with Crippen molar-refractivity contribution in [2.75, 3.05) is 6.61 Å². The number of benzene rings is 1. The van der Waals surface area contributed by atoms with Gasteiger partial charge >= 0.3 is 18.1 Å².